The predicted octanol–water partition coefficient (Wildman–Crippen LogP) is 3.85. The van der Waals surface area contributed by atoms with Crippen molar-refractivity contribution in [1.29, 1.82) is 0 Å². The van der Waals surface area contributed by atoms with Gasteiger partial charge in [0.2, 0.25) is 0 Å². The molecule has 1 aromatic carbocycles. The normalized spacial score (nSPS) is 11.1. The maximum absolute atomic E-state index is 3.41. The fourth-order valence-electron chi connectivity index (χ4n) is 1.50. The number of rotatable bonds is 6. The highest BCUT2D eigenvalue weighted by molar-refractivity contribution is 7.99. The highest BCUT2D eigenvalue weighted by atomic mass is 32.2. The summed E-state index contributed by atoms with van der Waals surface area (Å²) in [4.78, 5) is 1.43. The van der Waals surface area contributed by atoms with Gasteiger partial charge < -0.3 is 5.32 Å². The number of benzene rings is 1. The van der Waals surface area contributed by atoms with Crippen molar-refractivity contribution in [2.24, 2.45) is 5.92 Å². The van der Waals surface area contributed by atoms with Crippen LogP contribution in [0.3, 0.4) is 0 Å². The fourth-order valence-corrected chi connectivity index (χ4v) is 2.50. The molecule has 0 saturated heterocycles. The summed E-state index contributed by atoms with van der Waals surface area (Å²) in [6.07, 6.45) is 0. The highest BCUT2D eigenvalue weighted by Gasteiger charge is 2.04. The third-order valence-electron chi connectivity index (χ3n) is 2.35. The minimum Gasteiger partial charge on any atom is -0.313 e. The Balaban J connectivity index is 2.72. The van der Waals surface area contributed by atoms with E-state index in [1.54, 1.807) is 0 Å². The summed E-state index contributed by atoms with van der Waals surface area (Å²) in [5.74, 6) is 1.95. The van der Waals surface area contributed by atoms with Crippen molar-refractivity contribution in [1.82, 2.24) is 5.32 Å². The van der Waals surface area contributed by atoms with Crippen LogP contribution in [0.25, 0.3) is 0 Å². The Bertz CT molecular complexity index is 321. The lowest BCUT2D eigenvalue weighted by atomic mass is 10.1. The summed E-state index contributed by atoms with van der Waals surface area (Å²) in [5.41, 5.74) is 2.79. The summed E-state index contributed by atoms with van der Waals surface area (Å²) < 4.78 is 0. The van der Waals surface area contributed by atoms with Crippen molar-refractivity contribution in [3.8, 4) is 0 Å². The van der Waals surface area contributed by atoms with Gasteiger partial charge in [0.1, 0.15) is 0 Å². The lowest BCUT2D eigenvalue weighted by Gasteiger charge is -2.12. The Hall–Kier alpha value is -0.470. The van der Waals surface area contributed by atoms with Crippen LogP contribution in [0, 0.1) is 12.8 Å². The smallest absolute Gasteiger partial charge is 0.0216 e. The highest BCUT2D eigenvalue weighted by Crippen LogP contribution is 2.25. The van der Waals surface area contributed by atoms with Crippen LogP contribution in [-0.2, 0) is 6.54 Å². The Labute approximate surface area is 104 Å². The summed E-state index contributed by atoms with van der Waals surface area (Å²) in [7, 11) is 0. The van der Waals surface area contributed by atoms with Crippen molar-refractivity contribution in [2.75, 3.05) is 12.3 Å². The van der Waals surface area contributed by atoms with Crippen molar-refractivity contribution in [3.63, 3.8) is 0 Å². The molecular formula is C14H23NS. The van der Waals surface area contributed by atoms with Gasteiger partial charge in [-0.3, -0.25) is 0 Å². The van der Waals surface area contributed by atoms with Crippen LogP contribution >= 0.6 is 11.8 Å². The van der Waals surface area contributed by atoms with Gasteiger partial charge in [0, 0.05) is 17.2 Å². The van der Waals surface area contributed by atoms with Crippen LogP contribution in [0.4, 0.5) is 0 Å². The molecule has 0 radical (unpaired) electrons. The Morgan fingerprint density at radius 1 is 1.31 bits per heavy atom. The third-order valence-corrected chi connectivity index (χ3v) is 3.90. The molecule has 0 aromatic heterocycles. The fraction of sp³-hybridized carbons (Fsp3) is 0.571. The first kappa shape index (κ1) is 13.6. The minimum absolute atomic E-state index is 0.748. The standard InChI is InChI=1S/C14H23NS/c1-5-15-9-13-8-12(4)6-7-14(13)16-10-11(2)3/h6-8,11,15H,5,9-10H2,1-4H3. The van der Waals surface area contributed by atoms with Crippen LogP contribution in [-0.4, -0.2) is 12.3 Å². The first-order valence-electron chi connectivity index (χ1n) is 6.06. The van der Waals surface area contributed by atoms with Gasteiger partial charge in [-0.15, -0.1) is 11.8 Å². The largest absolute Gasteiger partial charge is 0.313 e. The van der Waals surface area contributed by atoms with Gasteiger partial charge in [0.15, 0.2) is 0 Å². The number of aryl methyl sites for hydroxylation is 1. The maximum atomic E-state index is 3.41. The second kappa shape index (κ2) is 6.97. The van der Waals surface area contributed by atoms with E-state index < -0.39 is 0 Å². The maximum Gasteiger partial charge on any atom is 0.0216 e. The van der Waals surface area contributed by atoms with E-state index in [0.29, 0.717) is 0 Å². The molecule has 0 amide bonds. The monoisotopic (exact) mass is 237 g/mol. The van der Waals surface area contributed by atoms with Crippen LogP contribution in [0.2, 0.25) is 0 Å². The van der Waals surface area contributed by atoms with E-state index >= 15 is 0 Å². The predicted molar refractivity (Wildman–Crippen MR) is 74.1 cm³/mol. The number of hydrogen-bond donors (Lipinski definition) is 1. The molecule has 0 bridgehead atoms. The summed E-state index contributed by atoms with van der Waals surface area (Å²) >= 11 is 1.97. The van der Waals surface area contributed by atoms with Crippen molar-refractivity contribution in [3.05, 3.63) is 29.3 Å². The first-order valence-corrected chi connectivity index (χ1v) is 7.05. The quantitative estimate of drug-likeness (QED) is 0.754. The molecule has 1 rings (SSSR count). The molecule has 0 heterocycles. The van der Waals surface area contributed by atoms with E-state index in [1.807, 2.05) is 11.8 Å². The van der Waals surface area contributed by atoms with Gasteiger partial charge in [0.05, 0.1) is 0 Å². The van der Waals surface area contributed by atoms with E-state index in [2.05, 4.69) is 51.2 Å². The number of nitrogens with one attached hydrogen (secondary N) is 1. The van der Waals surface area contributed by atoms with Gasteiger partial charge in [-0.2, -0.15) is 0 Å². The van der Waals surface area contributed by atoms with E-state index in [4.69, 9.17) is 0 Å². The molecule has 16 heavy (non-hydrogen) atoms. The molecule has 0 aliphatic heterocycles. The van der Waals surface area contributed by atoms with E-state index in [0.717, 1.165) is 19.0 Å². The molecule has 0 spiro atoms. The number of thioether (sulfide) groups is 1. The summed E-state index contributed by atoms with van der Waals surface area (Å²) in [5, 5.41) is 3.41. The minimum atomic E-state index is 0.748. The van der Waals surface area contributed by atoms with Gasteiger partial charge in [0.25, 0.3) is 0 Å². The second-order valence-corrected chi connectivity index (χ2v) is 5.66. The lowest BCUT2D eigenvalue weighted by Crippen LogP contribution is -2.12. The van der Waals surface area contributed by atoms with Crippen molar-refractivity contribution >= 4 is 11.8 Å². The van der Waals surface area contributed by atoms with Crippen LogP contribution in [0.15, 0.2) is 23.1 Å². The SMILES string of the molecule is CCNCc1cc(C)ccc1SCC(C)C. The van der Waals surface area contributed by atoms with Gasteiger partial charge in [-0.1, -0.05) is 38.5 Å². The molecule has 1 N–H and O–H groups in total. The third kappa shape index (κ3) is 4.58. The molecule has 0 aliphatic rings. The zero-order chi connectivity index (χ0) is 12.0. The average Bonchev–Trinajstić information content (AvgIpc) is 2.24. The van der Waals surface area contributed by atoms with Gasteiger partial charge in [-0.25, -0.2) is 0 Å². The Morgan fingerprint density at radius 2 is 2.06 bits per heavy atom. The molecule has 1 aromatic rings. The molecular weight excluding hydrogens is 214 g/mol. The van der Waals surface area contributed by atoms with E-state index in [1.165, 1.54) is 21.8 Å². The van der Waals surface area contributed by atoms with Gasteiger partial charge in [-0.05, 0) is 31.0 Å². The molecule has 0 unspecified atom stereocenters. The molecule has 1 nitrogen and oxygen atoms in total. The first-order chi connectivity index (χ1) is 7.63. The van der Waals surface area contributed by atoms with E-state index in [9.17, 15) is 0 Å². The molecule has 0 fully saturated rings. The van der Waals surface area contributed by atoms with Crippen molar-refractivity contribution < 1.29 is 0 Å². The number of hydrogen-bond acceptors (Lipinski definition) is 2. The summed E-state index contributed by atoms with van der Waals surface area (Å²) in [6.45, 7) is 10.9. The zero-order valence-electron chi connectivity index (χ0n) is 10.8. The Morgan fingerprint density at radius 3 is 2.69 bits per heavy atom. The van der Waals surface area contributed by atoms with Crippen LogP contribution in [0.1, 0.15) is 31.9 Å². The lowest BCUT2D eigenvalue weighted by molar-refractivity contribution is 0.716. The average molecular weight is 237 g/mol. The molecule has 90 valence electrons. The second-order valence-electron chi connectivity index (χ2n) is 4.60. The Kier molecular flexibility index (Phi) is 5.93. The van der Waals surface area contributed by atoms with E-state index in [-0.39, 0.29) is 0 Å². The molecule has 2 heteroatoms. The van der Waals surface area contributed by atoms with Gasteiger partial charge >= 0.3 is 0 Å². The molecule has 0 saturated carbocycles. The topological polar surface area (TPSA) is 12.0 Å². The molecule has 0 atom stereocenters. The van der Waals surface area contributed by atoms with Crippen LogP contribution in [0.5, 0.6) is 0 Å². The summed E-state index contributed by atoms with van der Waals surface area (Å²) in [6, 6.07) is 6.76. The van der Waals surface area contributed by atoms with Crippen LogP contribution < -0.4 is 5.32 Å². The zero-order valence-corrected chi connectivity index (χ0v) is 11.7. The van der Waals surface area contributed by atoms with Crippen molar-refractivity contribution in [2.45, 2.75) is 39.1 Å². The molecule has 0 aliphatic carbocycles.